The highest BCUT2D eigenvalue weighted by Gasteiger charge is 2.20. The van der Waals surface area contributed by atoms with Gasteiger partial charge < -0.3 is 0 Å². The second-order valence-corrected chi connectivity index (χ2v) is 6.08. The number of carbonyl (C=O) groups is 1. The van der Waals surface area contributed by atoms with Gasteiger partial charge in [0, 0.05) is 12.8 Å². The van der Waals surface area contributed by atoms with Crippen molar-refractivity contribution in [1.29, 1.82) is 0 Å². The number of benzene rings is 2. The maximum Gasteiger partial charge on any atom is 0.141 e. The van der Waals surface area contributed by atoms with Crippen LogP contribution in [0.1, 0.15) is 33.4 Å². The second kappa shape index (κ2) is 4.59. The Labute approximate surface area is 120 Å². The molecule has 0 saturated heterocycles. The quantitative estimate of drug-likeness (QED) is 0.695. The zero-order valence-corrected chi connectivity index (χ0v) is 12.6. The minimum Gasteiger partial charge on any atom is -0.299 e. The summed E-state index contributed by atoms with van der Waals surface area (Å²) in [5.41, 5.74) is 9.98. The van der Waals surface area contributed by atoms with E-state index in [9.17, 15) is 4.79 Å². The molecule has 0 aliphatic heterocycles. The average Bonchev–Trinajstić information content (AvgIpc) is 2.48. The molecule has 0 aromatic heterocycles. The van der Waals surface area contributed by atoms with Crippen LogP contribution in [0.3, 0.4) is 0 Å². The van der Waals surface area contributed by atoms with Crippen LogP contribution in [0.4, 0.5) is 0 Å². The molecule has 1 aliphatic carbocycles. The van der Waals surface area contributed by atoms with Crippen molar-refractivity contribution in [2.24, 2.45) is 0 Å². The molecule has 102 valence electrons. The maximum absolute atomic E-state index is 12.2. The molecule has 0 N–H and O–H groups in total. The minimum absolute atomic E-state index is 0.316. The first kappa shape index (κ1) is 13.1. The van der Waals surface area contributed by atoms with E-state index in [1.54, 1.807) is 0 Å². The van der Waals surface area contributed by atoms with E-state index in [2.05, 4.69) is 52.0 Å². The van der Waals surface area contributed by atoms with Gasteiger partial charge in [0.15, 0.2) is 0 Å². The fourth-order valence-electron chi connectivity index (χ4n) is 3.03. The van der Waals surface area contributed by atoms with Crippen LogP contribution < -0.4 is 0 Å². The van der Waals surface area contributed by atoms with Crippen LogP contribution >= 0.6 is 0 Å². The zero-order chi connectivity index (χ0) is 14.4. The van der Waals surface area contributed by atoms with E-state index >= 15 is 0 Å². The highest BCUT2D eigenvalue weighted by atomic mass is 16.1. The van der Waals surface area contributed by atoms with Crippen LogP contribution in [-0.4, -0.2) is 5.78 Å². The smallest absolute Gasteiger partial charge is 0.141 e. The van der Waals surface area contributed by atoms with Gasteiger partial charge in [0.25, 0.3) is 0 Å². The molecule has 0 unspecified atom stereocenters. The fourth-order valence-corrected chi connectivity index (χ4v) is 3.03. The van der Waals surface area contributed by atoms with Gasteiger partial charge in [-0.25, -0.2) is 0 Å². The van der Waals surface area contributed by atoms with Crippen LogP contribution in [0.15, 0.2) is 24.3 Å². The van der Waals surface area contributed by atoms with Crippen molar-refractivity contribution in [1.82, 2.24) is 0 Å². The first-order chi connectivity index (χ1) is 9.45. The van der Waals surface area contributed by atoms with E-state index in [0.29, 0.717) is 18.6 Å². The SMILES string of the molecule is Cc1cc2c(cc1C)-c1cc(C)c(C)cc1CC(=O)C2. The normalized spacial score (nSPS) is 13.7. The summed E-state index contributed by atoms with van der Waals surface area (Å²) < 4.78 is 0. The lowest BCUT2D eigenvalue weighted by Gasteiger charge is -2.14. The highest BCUT2D eigenvalue weighted by molar-refractivity contribution is 5.91. The molecule has 0 spiro atoms. The van der Waals surface area contributed by atoms with Crippen molar-refractivity contribution in [2.45, 2.75) is 40.5 Å². The van der Waals surface area contributed by atoms with Gasteiger partial charge in [0.05, 0.1) is 0 Å². The van der Waals surface area contributed by atoms with Crippen molar-refractivity contribution >= 4 is 5.78 Å². The molecule has 1 heteroatoms. The molecule has 1 nitrogen and oxygen atoms in total. The number of ketones is 1. The zero-order valence-electron chi connectivity index (χ0n) is 12.6. The van der Waals surface area contributed by atoms with E-state index in [4.69, 9.17) is 0 Å². The van der Waals surface area contributed by atoms with Gasteiger partial charge in [-0.3, -0.25) is 4.79 Å². The number of aryl methyl sites for hydroxylation is 4. The summed E-state index contributed by atoms with van der Waals surface area (Å²) in [4.78, 5) is 12.2. The number of fused-ring (bicyclic) bond motifs is 3. The summed E-state index contributed by atoms with van der Waals surface area (Å²) in [6, 6.07) is 8.87. The predicted octanol–water partition coefficient (Wildman–Crippen LogP) is 4.25. The Morgan fingerprint density at radius 3 is 1.40 bits per heavy atom. The third-order valence-corrected chi connectivity index (χ3v) is 4.50. The van der Waals surface area contributed by atoms with Gasteiger partial charge in [-0.05, 0) is 72.2 Å². The summed E-state index contributed by atoms with van der Waals surface area (Å²) in [5.74, 6) is 0.316. The van der Waals surface area contributed by atoms with E-state index in [0.717, 1.165) is 0 Å². The lowest BCUT2D eigenvalue weighted by atomic mass is 9.90. The van der Waals surface area contributed by atoms with Crippen LogP contribution in [0.25, 0.3) is 11.1 Å². The molecule has 0 fully saturated rings. The van der Waals surface area contributed by atoms with Crippen molar-refractivity contribution < 1.29 is 4.79 Å². The molecule has 0 amide bonds. The number of rotatable bonds is 0. The molecule has 1 aliphatic rings. The maximum atomic E-state index is 12.2. The van der Waals surface area contributed by atoms with E-state index in [1.807, 2.05) is 0 Å². The van der Waals surface area contributed by atoms with Crippen molar-refractivity contribution in [3.05, 3.63) is 57.6 Å². The van der Waals surface area contributed by atoms with E-state index in [1.165, 1.54) is 44.5 Å². The Balaban J connectivity index is 2.34. The van der Waals surface area contributed by atoms with Crippen LogP contribution in [0, 0.1) is 27.7 Å². The van der Waals surface area contributed by atoms with Crippen molar-refractivity contribution in [2.75, 3.05) is 0 Å². The van der Waals surface area contributed by atoms with Gasteiger partial charge in [0.2, 0.25) is 0 Å². The molecule has 0 atom stereocenters. The van der Waals surface area contributed by atoms with Gasteiger partial charge in [-0.1, -0.05) is 24.3 Å². The molecule has 20 heavy (non-hydrogen) atoms. The number of carbonyl (C=O) groups excluding carboxylic acids is 1. The molecule has 0 heterocycles. The van der Waals surface area contributed by atoms with Gasteiger partial charge in [0.1, 0.15) is 5.78 Å². The Kier molecular flexibility index (Phi) is 3.01. The standard InChI is InChI=1S/C19H20O/c1-11-5-15-9-17(20)10-16-6-12(2)14(4)8-19(16)18(15)7-13(11)3/h5-8H,9-10H2,1-4H3. The third kappa shape index (κ3) is 2.07. The molecular weight excluding hydrogens is 244 g/mol. The molecule has 2 aromatic carbocycles. The fraction of sp³-hybridized carbons (Fsp3) is 0.316. The Bertz CT molecular complexity index is 662. The summed E-state index contributed by atoms with van der Waals surface area (Å²) in [5, 5.41) is 0. The lowest BCUT2D eigenvalue weighted by Crippen LogP contribution is -2.04. The van der Waals surface area contributed by atoms with Gasteiger partial charge in [-0.2, -0.15) is 0 Å². The second-order valence-electron chi connectivity index (χ2n) is 6.08. The summed E-state index contributed by atoms with van der Waals surface area (Å²) in [7, 11) is 0. The van der Waals surface area contributed by atoms with E-state index in [-0.39, 0.29) is 0 Å². The summed E-state index contributed by atoms with van der Waals surface area (Å²) in [6.07, 6.45) is 1.12. The predicted molar refractivity (Wildman–Crippen MR) is 83.2 cm³/mol. The topological polar surface area (TPSA) is 17.1 Å². The van der Waals surface area contributed by atoms with E-state index < -0.39 is 0 Å². The third-order valence-electron chi connectivity index (χ3n) is 4.50. The molecule has 0 bridgehead atoms. The minimum atomic E-state index is 0.316. The largest absolute Gasteiger partial charge is 0.299 e. The average molecular weight is 264 g/mol. The Hall–Kier alpha value is -1.89. The van der Waals surface area contributed by atoms with Crippen molar-refractivity contribution in [3.63, 3.8) is 0 Å². The number of hydrogen-bond acceptors (Lipinski definition) is 1. The lowest BCUT2D eigenvalue weighted by molar-refractivity contribution is -0.117. The van der Waals surface area contributed by atoms with Crippen molar-refractivity contribution in [3.8, 4) is 11.1 Å². The molecule has 0 radical (unpaired) electrons. The van der Waals surface area contributed by atoms with Gasteiger partial charge >= 0.3 is 0 Å². The molecule has 2 aromatic rings. The van der Waals surface area contributed by atoms with Crippen LogP contribution in [0.5, 0.6) is 0 Å². The first-order valence-corrected chi connectivity index (χ1v) is 7.18. The first-order valence-electron chi connectivity index (χ1n) is 7.18. The number of Topliss-reactive ketones (excluding diaryl/α,β-unsaturated/α-hetero) is 1. The summed E-state index contributed by atoms with van der Waals surface area (Å²) in [6.45, 7) is 8.52. The highest BCUT2D eigenvalue weighted by Crippen LogP contribution is 2.34. The van der Waals surface area contributed by atoms with Crippen LogP contribution in [-0.2, 0) is 17.6 Å². The summed E-state index contributed by atoms with van der Waals surface area (Å²) >= 11 is 0. The number of hydrogen-bond donors (Lipinski definition) is 0. The molecule has 0 saturated carbocycles. The van der Waals surface area contributed by atoms with Crippen LogP contribution in [0.2, 0.25) is 0 Å². The molecular formula is C19H20O. The monoisotopic (exact) mass is 264 g/mol. The Morgan fingerprint density at radius 2 is 1.00 bits per heavy atom. The molecule has 3 rings (SSSR count). The Morgan fingerprint density at radius 1 is 0.650 bits per heavy atom. The van der Waals surface area contributed by atoms with Gasteiger partial charge in [-0.15, -0.1) is 0 Å².